The molecule has 0 bridgehead atoms. The Bertz CT molecular complexity index is 640. The topological polar surface area (TPSA) is 55.9 Å². The van der Waals surface area contributed by atoms with Gasteiger partial charge in [-0.3, -0.25) is 0 Å². The van der Waals surface area contributed by atoms with Gasteiger partial charge in [0.25, 0.3) is 0 Å². The fourth-order valence-corrected chi connectivity index (χ4v) is 3.84. The van der Waals surface area contributed by atoms with Gasteiger partial charge >= 0.3 is 12.1 Å². The minimum Gasteiger partial charge on any atom is -0.338 e. The molecule has 0 radical (unpaired) electrons. The fourth-order valence-electron chi connectivity index (χ4n) is 3.84. The zero-order valence-corrected chi connectivity index (χ0v) is 15.9. The van der Waals surface area contributed by atoms with Crippen molar-refractivity contribution in [1.29, 1.82) is 0 Å². The number of nitrogens with one attached hydrogen (secondary N) is 1. The smallest absolute Gasteiger partial charge is 0.320 e. The minimum atomic E-state index is 0.0270. The molecule has 0 aromatic heterocycles. The number of benzene rings is 1. The third-order valence-corrected chi connectivity index (χ3v) is 5.30. The first-order valence-corrected chi connectivity index (χ1v) is 9.72. The minimum absolute atomic E-state index is 0.0270. The van der Waals surface area contributed by atoms with Gasteiger partial charge in [-0.1, -0.05) is 36.8 Å². The zero-order valence-electron chi connectivity index (χ0n) is 15.9. The third kappa shape index (κ3) is 4.29. The van der Waals surface area contributed by atoms with E-state index in [4.69, 9.17) is 0 Å². The average molecular weight is 358 g/mol. The maximum atomic E-state index is 12.8. The summed E-state index contributed by atoms with van der Waals surface area (Å²) in [4.78, 5) is 30.7. The lowest BCUT2D eigenvalue weighted by atomic mass is 10.0. The number of carbonyl (C=O) groups excluding carboxylic acids is 2. The number of carbonyl (C=O) groups is 2. The summed E-state index contributed by atoms with van der Waals surface area (Å²) < 4.78 is 0. The van der Waals surface area contributed by atoms with E-state index in [1.54, 1.807) is 0 Å². The summed E-state index contributed by atoms with van der Waals surface area (Å²) in [5, 5.41) is 2.93. The van der Waals surface area contributed by atoms with Crippen LogP contribution in [0.5, 0.6) is 0 Å². The van der Waals surface area contributed by atoms with E-state index < -0.39 is 0 Å². The van der Waals surface area contributed by atoms with E-state index >= 15 is 0 Å². The Morgan fingerprint density at radius 3 is 2.65 bits per heavy atom. The molecular formula is C20H30N4O2. The number of amides is 4. The molecule has 4 amide bonds. The molecule has 0 aliphatic carbocycles. The predicted octanol–water partition coefficient (Wildman–Crippen LogP) is 2.82. The zero-order chi connectivity index (χ0) is 18.5. The Morgan fingerprint density at radius 2 is 1.96 bits per heavy atom. The second-order valence-corrected chi connectivity index (χ2v) is 7.34. The number of piperidine rings is 1. The van der Waals surface area contributed by atoms with Gasteiger partial charge in [0.1, 0.15) is 0 Å². The van der Waals surface area contributed by atoms with E-state index in [1.807, 2.05) is 27.7 Å². The summed E-state index contributed by atoms with van der Waals surface area (Å²) in [5.41, 5.74) is 2.40. The van der Waals surface area contributed by atoms with Crippen LogP contribution in [0.1, 0.15) is 37.3 Å². The molecule has 0 saturated carbocycles. The van der Waals surface area contributed by atoms with E-state index in [0.717, 1.165) is 52.0 Å². The summed E-state index contributed by atoms with van der Waals surface area (Å²) in [6, 6.07) is 8.76. The van der Waals surface area contributed by atoms with Crippen molar-refractivity contribution in [3.63, 3.8) is 0 Å². The SMILES string of the molecule is CCCNC(=O)N1CCC(N2CCN(Cc3cccc(C)c3)C2=O)CC1. The summed E-state index contributed by atoms with van der Waals surface area (Å²) in [6.07, 6.45) is 2.67. The molecule has 6 nitrogen and oxygen atoms in total. The van der Waals surface area contributed by atoms with Crippen LogP contribution in [0, 0.1) is 6.92 Å². The molecule has 1 N–H and O–H groups in total. The lowest BCUT2D eigenvalue weighted by molar-refractivity contribution is 0.134. The Labute approximate surface area is 156 Å². The van der Waals surface area contributed by atoms with Crippen molar-refractivity contribution in [3.8, 4) is 0 Å². The molecule has 0 unspecified atom stereocenters. The van der Waals surface area contributed by atoms with Crippen LogP contribution in [-0.4, -0.2) is 65.5 Å². The molecule has 2 fully saturated rings. The highest BCUT2D eigenvalue weighted by Crippen LogP contribution is 2.23. The van der Waals surface area contributed by atoms with Gasteiger partial charge in [0, 0.05) is 45.3 Å². The third-order valence-electron chi connectivity index (χ3n) is 5.30. The van der Waals surface area contributed by atoms with Gasteiger partial charge in [0.15, 0.2) is 0 Å². The quantitative estimate of drug-likeness (QED) is 0.880. The number of aryl methyl sites for hydroxylation is 1. The number of hydrogen-bond acceptors (Lipinski definition) is 2. The second-order valence-electron chi connectivity index (χ2n) is 7.34. The summed E-state index contributed by atoms with van der Waals surface area (Å²) >= 11 is 0. The number of urea groups is 2. The van der Waals surface area contributed by atoms with Gasteiger partial charge in [-0.2, -0.15) is 0 Å². The molecular weight excluding hydrogens is 328 g/mol. The van der Waals surface area contributed by atoms with Crippen LogP contribution in [0.3, 0.4) is 0 Å². The van der Waals surface area contributed by atoms with E-state index in [1.165, 1.54) is 11.1 Å². The van der Waals surface area contributed by atoms with Crippen LogP contribution in [-0.2, 0) is 6.54 Å². The van der Waals surface area contributed by atoms with Crippen molar-refractivity contribution in [1.82, 2.24) is 20.0 Å². The van der Waals surface area contributed by atoms with E-state index in [0.29, 0.717) is 6.54 Å². The number of hydrogen-bond donors (Lipinski definition) is 1. The standard InChI is InChI=1S/C20H30N4O2/c1-3-9-21-19(25)22-10-7-18(8-11-22)24-13-12-23(20(24)26)15-17-6-4-5-16(2)14-17/h4-6,14,18H,3,7-13,15H2,1-2H3,(H,21,25). The molecule has 0 atom stereocenters. The van der Waals surface area contributed by atoms with Crippen LogP contribution < -0.4 is 5.32 Å². The molecule has 1 aromatic carbocycles. The van der Waals surface area contributed by atoms with E-state index in [2.05, 4.69) is 30.4 Å². The molecule has 2 aliphatic rings. The average Bonchev–Trinajstić information content (AvgIpc) is 3.00. The van der Waals surface area contributed by atoms with E-state index in [9.17, 15) is 9.59 Å². The normalized spacial score (nSPS) is 18.5. The molecule has 0 spiro atoms. The summed E-state index contributed by atoms with van der Waals surface area (Å²) in [5.74, 6) is 0. The largest absolute Gasteiger partial charge is 0.338 e. The summed E-state index contributed by atoms with van der Waals surface area (Å²) in [6.45, 7) is 8.54. The van der Waals surface area contributed by atoms with Crippen LogP contribution >= 0.6 is 0 Å². The maximum absolute atomic E-state index is 12.8. The van der Waals surface area contributed by atoms with Crippen molar-refractivity contribution in [3.05, 3.63) is 35.4 Å². The van der Waals surface area contributed by atoms with Gasteiger partial charge in [-0.25, -0.2) is 9.59 Å². The number of likely N-dealkylation sites (tertiary alicyclic amines) is 1. The Balaban J connectivity index is 1.50. The first kappa shape index (κ1) is 18.5. The van der Waals surface area contributed by atoms with Crippen LogP contribution in [0.25, 0.3) is 0 Å². The van der Waals surface area contributed by atoms with Gasteiger partial charge in [0.2, 0.25) is 0 Å². The Kier molecular flexibility index (Phi) is 6.01. The monoisotopic (exact) mass is 358 g/mol. The molecule has 2 aliphatic heterocycles. The Morgan fingerprint density at radius 1 is 1.19 bits per heavy atom. The Hall–Kier alpha value is -2.24. The molecule has 2 saturated heterocycles. The predicted molar refractivity (Wildman–Crippen MR) is 102 cm³/mol. The molecule has 1 aromatic rings. The van der Waals surface area contributed by atoms with Crippen molar-refractivity contribution in [2.45, 2.75) is 45.7 Å². The van der Waals surface area contributed by atoms with Gasteiger partial charge < -0.3 is 20.0 Å². The van der Waals surface area contributed by atoms with Crippen molar-refractivity contribution < 1.29 is 9.59 Å². The lowest BCUT2D eigenvalue weighted by Gasteiger charge is -2.36. The lowest BCUT2D eigenvalue weighted by Crippen LogP contribution is -2.50. The molecule has 142 valence electrons. The summed E-state index contributed by atoms with van der Waals surface area (Å²) in [7, 11) is 0. The fraction of sp³-hybridized carbons (Fsp3) is 0.600. The molecule has 6 heteroatoms. The van der Waals surface area contributed by atoms with Crippen LogP contribution in [0.2, 0.25) is 0 Å². The second kappa shape index (κ2) is 8.43. The molecule has 26 heavy (non-hydrogen) atoms. The first-order chi connectivity index (χ1) is 12.6. The van der Waals surface area contributed by atoms with E-state index in [-0.39, 0.29) is 18.1 Å². The maximum Gasteiger partial charge on any atom is 0.320 e. The van der Waals surface area contributed by atoms with Gasteiger partial charge in [-0.15, -0.1) is 0 Å². The molecule has 3 rings (SSSR count). The first-order valence-electron chi connectivity index (χ1n) is 9.72. The van der Waals surface area contributed by atoms with Crippen molar-refractivity contribution in [2.75, 3.05) is 32.7 Å². The number of nitrogens with zero attached hydrogens (tertiary/aromatic N) is 3. The highest BCUT2D eigenvalue weighted by Gasteiger charge is 2.35. The van der Waals surface area contributed by atoms with Gasteiger partial charge in [0.05, 0.1) is 0 Å². The van der Waals surface area contributed by atoms with Crippen molar-refractivity contribution in [2.24, 2.45) is 0 Å². The highest BCUT2D eigenvalue weighted by molar-refractivity contribution is 5.77. The van der Waals surface area contributed by atoms with Crippen molar-refractivity contribution >= 4 is 12.1 Å². The highest BCUT2D eigenvalue weighted by atomic mass is 16.2. The van der Waals surface area contributed by atoms with Gasteiger partial charge in [-0.05, 0) is 31.7 Å². The molecule has 2 heterocycles. The van der Waals surface area contributed by atoms with Crippen LogP contribution in [0.4, 0.5) is 9.59 Å². The van der Waals surface area contributed by atoms with Crippen LogP contribution in [0.15, 0.2) is 24.3 Å². The number of rotatable bonds is 5.